The third-order valence-electron chi connectivity index (χ3n) is 4.35. The summed E-state index contributed by atoms with van der Waals surface area (Å²) in [5.41, 5.74) is 2.67. The molecule has 1 unspecified atom stereocenters. The Kier molecular flexibility index (Phi) is 5.29. The maximum absolute atomic E-state index is 12.6. The largest absolute Gasteiger partial charge is 0.435 e. The number of nitrogens with one attached hydrogen (secondary N) is 1. The lowest BCUT2D eigenvalue weighted by molar-refractivity contribution is -0.113. The van der Waals surface area contributed by atoms with Gasteiger partial charge in [-0.05, 0) is 23.3 Å². The molecule has 8 heteroatoms. The number of benzene rings is 2. The average molecular weight is 401 g/mol. The molecule has 4 rings (SSSR count). The normalized spacial score (nSPS) is 16.4. The molecule has 1 aliphatic heterocycles. The van der Waals surface area contributed by atoms with Gasteiger partial charge >= 0.3 is 6.61 Å². The Labute approximate surface area is 164 Å². The molecule has 0 saturated heterocycles. The number of carbonyl (C=O) groups is 1. The number of aromatic nitrogens is 2. The van der Waals surface area contributed by atoms with Gasteiger partial charge in [-0.3, -0.25) is 4.79 Å². The van der Waals surface area contributed by atoms with Gasteiger partial charge in [-0.25, -0.2) is 4.68 Å². The van der Waals surface area contributed by atoms with Crippen LogP contribution in [0.3, 0.4) is 0 Å². The first-order valence-corrected chi connectivity index (χ1v) is 9.71. The van der Waals surface area contributed by atoms with E-state index in [0.717, 1.165) is 16.7 Å². The molecule has 2 heterocycles. The van der Waals surface area contributed by atoms with Gasteiger partial charge in [0.2, 0.25) is 5.91 Å². The topological polar surface area (TPSA) is 56.1 Å². The summed E-state index contributed by atoms with van der Waals surface area (Å²) in [4.78, 5) is 12.2. The smallest absolute Gasteiger partial charge is 0.387 e. The Morgan fingerprint density at radius 2 is 2.04 bits per heavy atom. The fraction of sp³-hybridized carbons (Fsp3) is 0.200. The van der Waals surface area contributed by atoms with Crippen molar-refractivity contribution in [2.24, 2.45) is 0 Å². The number of amides is 1. The van der Waals surface area contributed by atoms with Crippen molar-refractivity contribution < 1.29 is 18.3 Å². The first-order chi connectivity index (χ1) is 13.6. The second kappa shape index (κ2) is 8.02. The van der Waals surface area contributed by atoms with Crippen LogP contribution in [0.2, 0.25) is 0 Å². The van der Waals surface area contributed by atoms with E-state index in [4.69, 9.17) is 0 Å². The molecule has 1 aliphatic rings. The minimum Gasteiger partial charge on any atom is -0.435 e. The summed E-state index contributed by atoms with van der Waals surface area (Å²) >= 11 is 1.43. The molecule has 0 bridgehead atoms. The number of hydrogen-bond donors (Lipinski definition) is 1. The summed E-state index contributed by atoms with van der Waals surface area (Å²) in [6.07, 6.45) is 1.72. The maximum atomic E-state index is 12.6. The molecular formula is C20H17F2N3O2S. The van der Waals surface area contributed by atoms with Gasteiger partial charge in [0.15, 0.2) is 0 Å². The number of anilines is 1. The van der Waals surface area contributed by atoms with Crippen LogP contribution in [-0.4, -0.2) is 28.1 Å². The summed E-state index contributed by atoms with van der Waals surface area (Å²) in [5.74, 6) is 0.854. The lowest BCUT2D eigenvalue weighted by Gasteiger charge is -2.15. The van der Waals surface area contributed by atoms with E-state index in [1.165, 1.54) is 17.8 Å². The number of carbonyl (C=O) groups excluding carboxylic acids is 1. The Morgan fingerprint density at radius 1 is 1.21 bits per heavy atom. The Hall–Kier alpha value is -2.87. The SMILES string of the molecule is O=C1CSC(c2cccc(OC(F)F)c2)c2cnn(Cc3ccccc3)c2N1. The van der Waals surface area contributed by atoms with Gasteiger partial charge in [0.1, 0.15) is 11.6 Å². The number of halogens is 2. The zero-order valence-electron chi connectivity index (χ0n) is 14.7. The van der Waals surface area contributed by atoms with Gasteiger partial charge in [0.25, 0.3) is 0 Å². The van der Waals surface area contributed by atoms with E-state index in [1.54, 1.807) is 23.0 Å². The molecule has 144 valence electrons. The van der Waals surface area contributed by atoms with E-state index >= 15 is 0 Å². The quantitative estimate of drug-likeness (QED) is 0.692. The molecule has 0 fully saturated rings. The number of nitrogens with zero attached hydrogens (tertiary/aromatic N) is 2. The van der Waals surface area contributed by atoms with Crippen LogP contribution in [0.15, 0.2) is 60.8 Å². The van der Waals surface area contributed by atoms with Crippen LogP contribution in [0, 0.1) is 0 Å². The van der Waals surface area contributed by atoms with Crippen molar-refractivity contribution in [1.82, 2.24) is 9.78 Å². The molecule has 0 radical (unpaired) electrons. The summed E-state index contributed by atoms with van der Waals surface area (Å²) in [7, 11) is 0. The number of ether oxygens (including phenoxy) is 1. The third-order valence-corrected chi connectivity index (χ3v) is 5.64. The molecule has 1 atom stereocenters. The summed E-state index contributed by atoms with van der Waals surface area (Å²) in [6, 6.07) is 16.4. The highest BCUT2D eigenvalue weighted by Gasteiger charge is 2.28. The van der Waals surface area contributed by atoms with Gasteiger partial charge in [0.05, 0.1) is 23.7 Å². The van der Waals surface area contributed by atoms with Crippen LogP contribution in [-0.2, 0) is 11.3 Å². The van der Waals surface area contributed by atoms with Crippen molar-refractivity contribution in [3.63, 3.8) is 0 Å². The van der Waals surface area contributed by atoms with E-state index in [0.29, 0.717) is 12.4 Å². The van der Waals surface area contributed by atoms with Crippen molar-refractivity contribution in [3.05, 3.63) is 77.5 Å². The summed E-state index contributed by atoms with van der Waals surface area (Å²) in [5, 5.41) is 7.16. The van der Waals surface area contributed by atoms with Crippen LogP contribution in [0.4, 0.5) is 14.6 Å². The number of rotatable bonds is 5. The van der Waals surface area contributed by atoms with Crippen LogP contribution >= 0.6 is 11.8 Å². The maximum Gasteiger partial charge on any atom is 0.387 e. The zero-order valence-corrected chi connectivity index (χ0v) is 15.5. The molecule has 5 nitrogen and oxygen atoms in total. The van der Waals surface area contributed by atoms with Gasteiger partial charge in [-0.1, -0.05) is 42.5 Å². The van der Waals surface area contributed by atoms with E-state index in [9.17, 15) is 13.6 Å². The van der Waals surface area contributed by atoms with E-state index in [2.05, 4.69) is 15.2 Å². The van der Waals surface area contributed by atoms with Crippen molar-refractivity contribution in [1.29, 1.82) is 0 Å². The lowest BCUT2D eigenvalue weighted by atomic mass is 10.1. The fourth-order valence-corrected chi connectivity index (χ4v) is 4.23. The van der Waals surface area contributed by atoms with Crippen LogP contribution in [0.5, 0.6) is 5.75 Å². The minimum absolute atomic E-state index is 0.0925. The van der Waals surface area contributed by atoms with Crippen LogP contribution in [0.1, 0.15) is 21.9 Å². The van der Waals surface area contributed by atoms with Gasteiger partial charge in [0, 0.05) is 5.56 Å². The second-order valence-electron chi connectivity index (χ2n) is 6.28. The third kappa shape index (κ3) is 4.01. The van der Waals surface area contributed by atoms with Crippen molar-refractivity contribution in [2.45, 2.75) is 18.4 Å². The monoisotopic (exact) mass is 401 g/mol. The average Bonchev–Trinajstić information content (AvgIpc) is 2.96. The van der Waals surface area contributed by atoms with E-state index < -0.39 is 6.61 Å². The Bertz CT molecular complexity index is 979. The predicted molar refractivity (Wildman–Crippen MR) is 104 cm³/mol. The summed E-state index contributed by atoms with van der Waals surface area (Å²) < 4.78 is 31.4. The number of alkyl halides is 2. The molecule has 0 saturated carbocycles. The van der Waals surface area contributed by atoms with Gasteiger partial charge < -0.3 is 10.1 Å². The lowest BCUT2D eigenvalue weighted by Crippen LogP contribution is -2.16. The Morgan fingerprint density at radius 3 is 2.82 bits per heavy atom. The first-order valence-electron chi connectivity index (χ1n) is 8.66. The molecule has 0 aliphatic carbocycles. The summed E-state index contributed by atoms with van der Waals surface area (Å²) in [6.45, 7) is -2.37. The Balaban J connectivity index is 1.69. The van der Waals surface area contributed by atoms with Gasteiger partial charge in [-0.2, -0.15) is 13.9 Å². The first kappa shape index (κ1) is 18.5. The van der Waals surface area contributed by atoms with E-state index in [1.807, 2.05) is 36.4 Å². The number of hydrogen-bond acceptors (Lipinski definition) is 4. The van der Waals surface area contributed by atoms with Crippen LogP contribution < -0.4 is 10.1 Å². The minimum atomic E-state index is -2.88. The highest BCUT2D eigenvalue weighted by molar-refractivity contribution is 8.00. The zero-order chi connectivity index (χ0) is 19.5. The van der Waals surface area contributed by atoms with E-state index in [-0.39, 0.29) is 22.7 Å². The molecule has 1 amide bonds. The second-order valence-corrected chi connectivity index (χ2v) is 7.38. The predicted octanol–water partition coefficient (Wildman–Crippen LogP) is 4.31. The standard InChI is InChI=1S/C20H17F2N3O2S/c21-20(22)27-15-8-4-7-14(9-15)18-16-10-23-25(11-13-5-2-1-3-6-13)19(16)24-17(26)12-28-18/h1-10,18,20H,11-12H2,(H,24,26). The fourth-order valence-electron chi connectivity index (χ4n) is 3.15. The molecular weight excluding hydrogens is 384 g/mol. The number of fused-ring (bicyclic) bond motifs is 1. The van der Waals surface area contributed by atoms with Crippen molar-refractivity contribution in [3.8, 4) is 5.75 Å². The van der Waals surface area contributed by atoms with Crippen LogP contribution in [0.25, 0.3) is 0 Å². The molecule has 28 heavy (non-hydrogen) atoms. The molecule has 3 aromatic rings. The highest BCUT2D eigenvalue weighted by atomic mass is 32.2. The van der Waals surface area contributed by atoms with Crippen molar-refractivity contribution >= 4 is 23.5 Å². The molecule has 0 spiro atoms. The molecule has 2 aromatic carbocycles. The molecule has 1 N–H and O–H groups in total. The van der Waals surface area contributed by atoms with Crippen molar-refractivity contribution in [2.75, 3.05) is 11.1 Å². The highest BCUT2D eigenvalue weighted by Crippen LogP contribution is 2.42. The molecule has 1 aromatic heterocycles. The number of thioether (sulfide) groups is 1. The van der Waals surface area contributed by atoms with Gasteiger partial charge in [-0.15, -0.1) is 11.8 Å².